The lowest BCUT2D eigenvalue weighted by atomic mass is 10.2. The quantitative estimate of drug-likeness (QED) is 0.899. The van der Waals surface area contributed by atoms with Gasteiger partial charge in [0, 0.05) is 11.1 Å². The molecule has 0 aliphatic heterocycles. The Morgan fingerprint density at radius 3 is 2.53 bits per heavy atom. The van der Waals surface area contributed by atoms with Crippen LogP contribution in [-0.2, 0) is 11.2 Å². The molecule has 0 aliphatic carbocycles. The molecule has 2 aromatic rings. The highest BCUT2D eigenvalue weighted by atomic mass is 32.2. The Hall–Kier alpha value is -1.81. The number of aromatic nitrogens is 1. The number of carboxylic acid groups (broad SMARTS) is 1. The molecule has 3 nitrogen and oxygen atoms in total. The minimum absolute atomic E-state index is 0.0640. The van der Waals surface area contributed by atoms with Gasteiger partial charge in [-0.2, -0.15) is 0 Å². The first-order valence-corrected chi connectivity index (χ1v) is 5.95. The number of rotatable bonds is 4. The van der Waals surface area contributed by atoms with E-state index in [-0.39, 0.29) is 6.42 Å². The Morgan fingerprint density at radius 2 is 1.94 bits per heavy atom. The van der Waals surface area contributed by atoms with Gasteiger partial charge in [-0.25, -0.2) is 4.98 Å². The summed E-state index contributed by atoms with van der Waals surface area (Å²) in [5, 5.41) is 9.59. The van der Waals surface area contributed by atoms with Crippen molar-refractivity contribution in [3.8, 4) is 0 Å². The molecule has 1 aromatic carbocycles. The number of carbonyl (C=O) groups is 1. The maximum absolute atomic E-state index is 10.5. The van der Waals surface area contributed by atoms with Gasteiger partial charge in [0.2, 0.25) is 0 Å². The number of pyridine rings is 1. The van der Waals surface area contributed by atoms with Crippen LogP contribution in [0.2, 0.25) is 0 Å². The van der Waals surface area contributed by atoms with Gasteiger partial charge in [0.05, 0.1) is 6.42 Å². The van der Waals surface area contributed by atoms with Crippen molar-refractivity contribution in [2.75, 3.05) is 0 Å². The lowest BCUT2D eigenvalue weighted by molar-refractivity contribution is -0.136. The van der Waals surface area contributed by atoms with Crippen LogP contribution in [0.25, 0.3) is 0 Å². The summed E-state index contributed by atoms with van der Waals surface area (Å²) in [5.41, 5.74) is 0.808. The molecule has 1 N–H and O–H groups in total. The van der Waals surface area contributed by atoms with Crippen molar-refractivity contribution >= 4 is 17.7 Å². The number of hydrogen-bond acceptors (Lipinski definition) is 3. The van der Waals surface area contributed by atoms with Crippen LogP contribution in [0, 0.1) is 0 Å². The number of hydrogen-bond donors (Lipinski definition) is 1. The van der Waals surface area contributed by atoms with E-state index in [9.17, 15) is 4.79 Å². The molecule has 0 saturated heterocycles. The molecule has 0 amide bonds. The summed E-state index contributed by atoms with van der Waals surface area (Å²) in [7, 11) is 0. The highest BCUT2D eigenvalue weighted by Gasteiger charge is 2.01. The van der Waals surface area contributed by atoms with Crippen LogP contribution in [0.15, 0.2) is 58.6 Å². The summed E-state index contributed by atoms with van der Waals surface area (Å²) < 4.78 is 0. The third-order valence-corrected chi connectivity index (χ3v) is 3.10. The SMILES string of the molecule is O=C(O)Cc1ccc(Sc2ccccn2)cc1. The van der Waals surface area contributed by atoms with E-state index in [2.05, 4.69) is 4.98 Å². The van der Waals surface area contributed by atoms with Crippen LogP contribution in [-0.4, -0.2) is 16.1 Å². The molecule has 1 heterocycles. The first-order valence-electron chi connectivity index (χ1n) is 5.13. The monoisotopic (exact) mass is 245 g/mol. The number of carboxylic acids is 1. The lowest BCUT2D eigenvalue weighted by Crippen LogP contribution is -1.99. The second-order valence-corrected chi connectivity index (χ2v) is 4.58. The molecule has 0 atom stereocenters. The molecule has 17 heavy (non-hydrogen) atoms. The fourth-order valence-electron chi connectivity index (χ4n) is 1.38. The highest BCUT2D eigenvalue weighted by molar-refractivity contribution is 7.99. The second-order valence-electron chi connectivity index (χ2n) is 3.48. The summed E-state index contributed by atoms with van der Waals surface area (Å²) in [4.78, 5) is 15.8. The van der Waals surface area contributed by atoms with E-state index < -0.39 is 5.97 Å². The maximum Gasteiger partial charge on any atom is 0.307 e. The van der Waals surface area contributed by atoms with Gasteiger partial charge >= 0.3 is 5.97 Å². The van der Waals surface area contributed by atoms with Crippen LogP contribution in [0.1, 0.15) is 5.56 Å². The zero-order valence-corrected chi connectivity index (χ0v) is 9.85. The normalized spacial score (nSPS) is 10.1. The van der Waals surface area contributed by atoms with Crippen molar-refractivity contribution in [2.45, 2.75) is 16.3 Å². The average Bonchev–Trinajstić information content (AvgIpc) is 2.32. The van der Waals surface area contributed by atoms with E-state index in [0.717, 1.165) is 15.5 Å². The molecule has 0 radical (unpaired) electrons. The van der Waals surface area contributed by atoms with E-state index in [1.807, 2.05) is 42.5 Å². The number of benzene rings is 1. The standard InChI is InChI=1S/C13H11NO2S/c15-13(16)9-10-4-6-11(7-5-10)17-12-3-1-2-8-14-12/h1-8H,9H2,(H,15,16). The van der Waals surface area contributed by atoms with Crippen LogP contribution in [0.4, 0.5) is 0 Å². The van der Waals surface area contributed by atoms with Crippen molar-refractivity contribution in [3.05, 3.63) is 54.2 Å². The van der Waals surface area contributed by atoms with Gasteiger partial charge in [-0.3, -0.25) is 4.79 Å². The zero-order chi connectivity index (χ0) is 12.1. The molecule has 0 unspecified atom stereocenters. The molecule has 2 rings (SSSR count). The van der Waals surface area contributed by atoms with Gasteiger partial charge < -0.3 is 5.11 Å². The smallest absolute Gasteiger partial charge is 0.307 e. The Bertz CT molecular complexity index is 497. The van der Waals surface area contributed by atoms with Crippen molar-refractivity contribution in [1.82, 2.24) is 4.98 Å². The molecule has 0 fully saturated rings. The third kappa shape index (κ3) is 3.60. The van der Waals surface area contributed by atoms with Gasteiger partial charge in [-0.15, -0.1) is 0 Å². The molecule has 4 heteroatoms. The number of aliphatic carboxylic acids is 1. The molecule has 0 saturated carbocycles. The maximum atomic E-state index is 10.5. The van der Waals surface area contributed by atoms with Crippen molar-refractivity contribution in [2.24, 2.45) is 0 Å². The molecule has 0 spiro atoms. The van der Waals surface area contributed by atoms with Crippen molar-refractivity contribution < 1.29 is 9.90 Å². The van der Waals surface area contributed by atoms with Gasteiger partial charge in [-0.05, 0) is 29.8 Å². The van der Waals surface area contributed by atoms with Crippen LogP contribution < -0.4 is 0 Å². The minimum atomic E-state index is -0.810. The summed E-state index contributed by atoms with van der Waals surface area (Å²) in [5.74, 6) is -0.810. The average molecular weight is 245 g/mol. The van der Waals surface area contributed by atoms with Gasteiger partial charge in [0.1, 0.15) is 5.03 Å². The summed E-state index contributed by atoms with van der Waals surface area (Å²) in [6, 6.07) is 13.2. The fourth-order valence-corrected chi connectivity index (χ4v) is 2.15. The lowest BCUT2D eigenvalue weighted by Gasteiger charge is -2.01. The first kappa shape index (κ1) is 11.7. The van der Waals surface area contributed by atoms with Gasteiger partial charge in [-0.1, -0.05) is 30.0 Å². The predicted octanol–water partition coefficient (Wildman–Crippen LogP) is 2.86. The highest BCUT2D eigenvalue weighted by Crippen LogP contribution is 2.25. The van der Waals surface area contributed by atoms with Crippen molar-refractivity contribution in [3.63, 3.8) is 0 Å². The number of nitrogens with zero attached hydrogens (tertiary/aromatic N) is 1. The van der Waals surface area contributed by atoms with E-state index in [4.69, 9.17) is 5.11 Å². The summed E-state index contributed by atoms with van der Waals surface area (Å²) in [6.07, 6.45) is 1.82. The predicted molar refractivity (Wildman–Crippen MR) is 66.1 cm³/mol. The topological polar surface area (TPSA) is 50.2 Å². The zero-order valence-electron chi connectivity index (χ0n) is 9.04. The Kier molecular flexibility index (Phi) is 3.77. The van der Waals surface area contributed by atoms with Crippen LogP contribution >= 0.6 is 11.8 Å². The molecule has 0 bridgehead atoms. The van der Waals surface area contributed by atoms with Gasteiger partial charge in [0.25, 0.3) is 0 Å². The van der Waals surface area contributed by atoms with Crippen LogP contribution in [0.5, 0.6) is 0 Å². The Morgan fingerprint density at radius 1 is 1.18 bits per heavy atom. The molecule has 86 valence electrons. The Labute approximate surface area is 104 Å². The summed E-state index contributed by atoms with van der Waals surface area (Å²) >= 11 is 1.56. The largest absolute Gasteiger partial charge is 0.481 e. The molecule has 1 aromatic heterocycles. The van der Waals surface area contributed by atoms with E-state index in [1.54, 1.807) is 18.0 Å². The van der Waals surface area contributed by atoms with Gasteiger partial charge in [0.15, 0.2) is 0 Å². The van der Waals surface area contributed by atoms with E-state index in [0.29, 0.717) is 0 Å². The second kappa shape index (κ2) is 5.50. The molecule has 0 aliphatic rings. The van der Waals surface area contributed by atoms with Crippen molar-refractivity contribution in [1.29, 1.82) is 0 Å². The molecular formula is C13H11NO2S. The Balaban J connectivity index is 2.06. The fraction of sp³-hybridized carbons (Fsp3) is 0.0769. The summed E-state index contributed by atoms with van der Waals surface area (Å²) in [6.45, 7) is 0. The van der Waals surface area contributed by atoms with E-state index >= 15 is 0 Å². The molecular weight excluding hydrogens is 234 g/mol. The van der Waals surface area contributed by atoms with E-state index in [1.165, 1.54) is 0 Å². The first-order chi connectivity index (χ1) is 8.24. The minimum Gasteiger partial charge on any atom is -0.481 e. The third-order valence-electron chi connectivity index (χ3n) is 2.14. The van der Waals surface area contributed by atoms with Crippen LogP contribution in [0.3, 0.4) is 0 Å².